The lowest BCUT2D eigenvalue weighted by molar-refractivity contribution is -0.113. The third-order valence-electron chi connectivity index (χ3n) is 7.03. The number of carbonyl (C=O) groups is 2. The molecule has 6 rings (SSSR count). The molecule has 6 nitrogen and oxygen atoms in total. The fraction of sp³-hybridized carbons (Fsp3) is 0.156. The Labute approximate surface area is 231 Å². The van der Waals surface area contributed by atoms with Crippen LogP contribution in [0.5, 0.6) is 0 Å². The van der Waals surface area contributed by atoms with Crippen molar-refractivity contribution < 1.29 is 9.59 Å². The lowest BCUT2D eigenvalue weighted by Crippen LogP contribution is -2.43. The van der Waals surface area contributed by atoms with Crippen molar-refractivity contribution in [3.63, 3.8) is 0 Å². The standard InChI is InChI=1S/C32H28N4O2S/c1-21-28(31(38)34-24-13-3-2-4-14-24)29(36-18-9-19-39-32(36)33-21)23-12-7-15-25(20-23)35-30(37)27-17-8-11-22-10-5-6-16-26(22)27/h2-8,10-17,20,29H,9,18-19H2,1H3,(H,34,38)(H,35,37). The molecule has 1 saturated heterocycles. The molecule has 0 saturated carbocycles. The SMILES string of the molecule is CC1=C(C(=O)Nc2ccccc2)C(c2cccc(NC(=O)c3cccc4ccccc34)c2)N2CCCSC2=N1. The number of rotatable bonds is 5. The molecule has 0 aromatic heterocycles. The minimum Gasteiger partial charge on any atom is -0.340 e. The van der Waals surface area contributed by atoms with E-state index in [0.717, 1.165) is 45.9 Å². The average Bonchev–Trinajstić information content (AvgIpc) is 2.96. The number of hydrogen-bond donors (Lipinski definition) is 2. The van der Waals surface area contributed by atoms with Gasteiger partial charge >= 0.3 is 0 Å². The van der Waals surface area contributed by atoms with Gasteiger partial charge in [0.25, 0.3) is 11.8 Å². The molecule has 39 heavy (non-hydrogen) atoms. The summed E-state index contributed by atoms with van der Waals surface area (Å²) in [5, 5.41) is 9.00. The summed E-state index contributed by atoms with van der Waals surface area (Å²) in [5.74, 6) is 0.659. The number of nitrogens with zero attached hydrogens (tertiary/aromatic N) is 2. The Hall–Kier alpha value is -4.36. The van der Waals surface area contributed by atoms with Gasteiger partial charge in [0.15, 0.2) is 5.17 Å². The zero-order valence-electron chi connectivity index (χ0n) is 21.6. The molecule has 4 aromatic carbocycles. The van der Waals surface area contributed by atoms with Crippen molar-refractivity contribution in [2.75, 3.05) is 22.9 Å². The van der Waals surface area contributed by atoms with Crippen LogP contribution in [-0.4, -0.2) is 34.2 Å². The van der Waals surface area contributed by atoms with Gasteiger partial charge in [-0.2, -0.15) is 0 Å². The summed E-state index contributed by atoms with van der Waals surface area (Å²) < 4.78 is 0. The number of carbonyl (C=O) groups excluding carboxylic acids is 2. The molecule has 2 heterocycles. The number of nitrogens with one attached hydrogen (secondary N) is 2. The second-order valence-corrected chi connectivity index (χ2v) is 10.7. The molecule has 0 aliphatic carbocycles. The minimum atomic E-state index is -0.316. The predicted octanol–water partition coefficient (Wildman–Crippen LogP) is 6.85. The van der Waals surface area contributed by atoms with E-state index in [-0.39, 0.29) is 17.9 Å². The first-order valence-electron chi connectivity index (χ1n) is 13.0. The van der Waals surface area contributed by atoms with Crippen LogP contribution in [0.25, 0.3) is 10.8 Å². The van der Waals surface area contributed by atoms with E-state index in [1.165, 1.54) is 0 Å². The number of anilines is 2. The molecule has 1 fully saturated rings. The van der Waals surface area contributed by atoms with Crippen LogP contribution in [0.1, 0.15) is 35.3 Å². The van der Waals surface area contributed by atoms with Crippen LogP contribution in [0.2, 0.25) is 0 Å². The van der Waals surface area contributed by atoms with Crippen LogP contribution in [-0.2, 0) is 4.79 Å². The van der Waals surface area contributed by atoms with Crippen molar-refractivity contribution in [3.05, 3.63) is 119 Å². The molecule has 1 unspecified atom stereocenters. The first-order valence-corrected chi connectivity index (χ1v) is 14.0. The summed E-state index contributed by atoms with van der Waals surface area (Å²) in [6.07, 6.45) is 1.00. The van der Waals surface area contributed by atoms with Crippen LogP contribution in [0.3, 0.4) is 0 Å². The van der Waals surface area contributed by atoms with E-state index in [2.05, 4.69) is 15.5 Å². The van der Waals surface area contributed by atoms with E-state index in [4.69, 9.17) is 4.99 Å². The van der Waals surface area contributed by atoms with Gasteiger partial charge in [-0.05, 0) is 60.0 Å². The molecule has 0 spiro atoms. The van der Waals surface area contributed by atoms with E-state index in [1.54, 1.807) is 11.8 Å². The van der Waals surface area contributed by atoms with Crippen molar-refractivity contribution in [2.45, 2.75) is 19.4 Å². The third-order valence-corrected chi connectivity index (χ3v) is 8.11. The normalized spacial score (nSPS) is 16.9. The highest BCUT2D eigenvalue weighted by molar-refractivity contribution is 8.13. The van der Waals surface area contributed by atoms with Gasteiger partial charge in [-0.3, -0.25) is 9.59 Å². The lowest BCUT2D eigenvalue weighted by atomic mass is 9.93. The first-order chi connectivity index (χ1) is 19.1. The monoisotopic (exact) mass is 532 g/mol. The second-order valence-electron chi connectivity index (χ2n) is 9.62. The first kappa shape index (κ1) is 24.9. The molecule has 0 bridgehead atoms. The average molecular weight is 533 g/mol. The fourth-order valence-electron chi connectivity index (χ4n) is 5.23. The molecule has 1 atom stereocenters. The maximum Gasteiger partial charge on any atom is 0.256 e. The minimum absolute atomic E-state index is 0.169. The molecule has 2 amide bonds. The number of thioether (sulfide) groups is 1. The molecule has 2 aliphatic rings. The Morgan fingerprint density at radius 1 is 0.846 bits per heavy atom. The highest BCUT2D eigenvalue weighted by atomic mass is 32.2. The van der Waals surface area contributed by atoms with Gasteiger partial charge in [-0.25, -0.2) is 4.99 Å². The van der Waals surface area contributed by atoms with E-state index in [1.807, 2.05) is 104 Å². The van der Waals surface area contributed by atoms with Gasteiger partial charge in [0.05, 0.1) is 17.3 Å². The Morgan fingerprint density at radius 2 is 1.56 bits per heavy atom. The largest absolute Gasteiger partial charge is 0.340 e. The van der Waals surface area contributed by atoms with Gasteiger partial charge in [-0.1, -0.05) is 78.5 Å². The molecule has 0 radical (unpaired) electrons. The number of fused-ring (bicyclic) bond motifs is 2. The molecule has 4 aromatic rings. The zero-order valence-corrected chi connectivity index (χ0v) is 22.4. The maximum atomic E-state index is 13.7. The number of aliphatic imine (C=N–C) groups is 1. The van der Waals surface area contributed by atoms with Crippen molar-refractivity contribution >= 4 is 50.9 Å². The fourth-order valence-corrected chi connectivity index (χ4v) is 6.25. The van der Waals surface area contributed by atoms with E-state index < -0.39 is 0 Å². The van der Waals surface area contributed by atoms with E-state index >= 15 is 0 Å². The van der Waals surface area contributed by atoms with Gasteiger partial charge in [0.1, 0.15) is 0 Å². The maximum absolute atomic E-state index is 13.7. The molecule has 2 aliphatic heterocycles. The Kier molecular flexibility index (Phi) is 6.90. The third kappa shape index (κ3) is 5.05. The number of amides is 2. The van der Waals surface area contributed by atoms with Gasteiger partial charge < -0.3 is 15.5 Å². The van der Waals surface area contributed by atoms with Crippen LogP contribution in [0.4, 0.5) is 11.4 Å². The summed E-state index contributed by atoms with van der Waals surface area (Å²) in [7, 11) is 0. The molecule has 2 N–H and O–H groups in total. The summed E-state index contributed by atoms with van der Waals surface area (Å²) in [4.78, 5) is 34.1. The van der Waals surface area contributed by atoms with Crippen LogP contribution in [0.15, 0.2) is 113 Å². The van der Waals surface area contributed by atoms with Gasteiger partial charge in [0, 0.05) is 29.2 Å². The highest BCUT2D eigenvalue weighted by Crippen LogP contribution is 2.40. The summed E-state index contributed by atoms with van der Waals surface area (Å²) in [5.41, 5.74) is 4.29. The van der Waals surface area contributed by atoms with Crippen LogP contribution < -0.4 is 10.6 Å². The highest BCUT2D eigenvalue weighted by Gasteiger charge is 2.37. The molecule has 194 valence electrons. The molecular weight excluding hydrogens is 504 g/mol. The van der Waals surface area contributed by atoms with Crippen LogP contribution >= 0.6 is 11.8 Å². The summed E-state index contributed by atoms with van der Waals surface area (Å²) in [6.45, 7) is 2.71. The number of benzene rings is 4. The second kappa shape index (κ2) is 10.8. The van der Waals surface area contributed by atoms with Crippen molar-refractivity contribution in [1.82, 2.24) is 4.90 Å². The predicted molar refractivity (Wildman–Crippen MR) is 160 cm³/mol. The van der Waals surface area contributed by atoms with Crippen molar-refractivity contribution in [2.24, 2.45) is 4.99 Å². The Bertz CT molecular complexity index is 1620. The number of allylic oxidation sites excluding steroid dienone is 1. The zero-order chi connectivity index (χ0) is 26.8. The Morgan fingerprint density at radius 3 is 2.44 bits per heavy atom. The van der Waals surface area contributed by atoms with Gasteiger partial charge in [-0.15, -0.1) is 0 Å². The number of amidine groups is 1. The van der Waals surface area contributed by atoms with Gasteiger partial charge in [0.2, 0.25) is 0 Å². The van der Waals surface area contributed by atoms with Crippen LogP contribution in [0, 0.1) is 0 Å². The van der Waals surface area contributed by atoms with Crippen molar-refractivity contribution in [1.29, 1.82) is 0 Å². The Balaban J connectivity index is 1.34. The summed E-state index contributed by atoms with van der Waals surface area (Å²) >= 11 is 1.72. The number of para-hydroxylation sites is 1. The van der Waals surface area contributed by atoms with E-state index in [0.29, 0.717) is 22.5 Å². The smallest absolute Gasteiger partial charge is 0.256 e. The van der Waals surface area contributed by atoms with E-state index in [9.17, 15) is 9.59 Å². The lowest BCUT2D eigenvalue weighted by Gasteiger charge is -2.41. The molecule has 7 heteroatoms. The number of hydrogen-bond acceptors (Lipinski definition) is 5. The van der Waals surface area contributed by atoms with Crippen molar-refractivity contribution in [3.8, 4) is 0 Å². The summed E-state index contributed by atoms with van der Waals surface area (Å²) in [6, 6.07) is 30.6. The molecular formula is C32H28N4O2S. The quantitative estimate of drug-likeness (QED) is 0.295. The topological polar surface area (TPSA) is 73.8 Å².